The summed E-state index contributed by atoms with van der Waals surface area (Å²) in [7, 11) is 1.61. The number of aliphatic imine (C=N–C) groups is 1. The summed E-state index contributed by atoms with van der Waals surface area (Å²) in [6, 6.07) is 5.67. The molecule has 6 nitrogen and oxygen atoms in total. The van der Waals surface area contributed by atoms with Gasteiger partial charge in [0.1, 0.15) is 0 Å². The molecule has 0 saturated carbocycles. The molecule has 0 fully saturated rings. The van der Waals surface area contributed by atoms with E-state index in [4.69, 9.17) is 4.74 Å². The molecule has 25 heavy (non-hydrogen) atoms. The summed E-state index contributed by atoms with van der Waals surface area (Å²) in [5.74, 6) is 2.42. The zero-order valence-electron chi connectivity index (χ0n) is 15.8. The van der Waals surface area contributed by atoms with Gasteiger partial charge in [-0.3, -0.25) is 0 Å². The number of ether oxygens (including phenoxy) is 1. The molecule has 7 heteroatoms. The molecule has 1 aromatic heterocycles. The number of methoxy groups -OCH3 is 1. The summed E-state index contributed by atoms with van der Waals surface area (Å²) in [6.07, 6.45) is 1.90. The van der Waals surface area contributed by atoms with Gasteiger partial charge in [-0.15, -0.1) is 24.0 Å². The minimum Gasteiger partial charge on any atom is -0.481 e. The van der Waals surface area contributed by atoms with Gasteiger partial charge in [0.25, 0.3) is 0 Å². The van der Waals surface area contributed by atoms with E-state index in [2.05, 4.69) is 34.5 Å². The van der Waals surface area contributed by atoms with Crippen LogP contribution in [0.25, 0.3) is 0 Å². The Morgan fingerprint density at radius 3 is 2.68 bits per heavy atom. The minimum atomic E-state index is 0. The third-order valence-electron chi connectivity index (χ3n) is 3.63. The second kappa shape index (κ2) is 14.1. The fraction of sp³-hybridized carbons (Fsp3) is 0.667. The molecule has 1 atom stereocenters. The Balaban J connectivity index is 0.00000576. The summed E-state index contributed by atoms with van der Waals surface area (Å²) >= 11 is 0. The maximum atomic E-state index is 9.23. The highest BCUT2D eigenvalue weighted by atomic mass is 127. The van der Waals surface area contributed by atoms with E-state index in [-0.39, 0.29) is 30.6 Å². The molecule has 0 aliphatic rings. The quantitative estimate of drug-likeness (QED) is 0.282. The summed E-state index contributed by atoms with van der Waals surface area (Å²) in [4.78, 5) is 8.95. The van der Waals surface area contributed by atoms with Gasteiger partial charge in [0.2, 0.25) is 5.88 Å². The van der Waals surface area contributed by atoms with Crippen molar-refractivity contribution in [3.63, 3.8) is 0 Å². The second-order valence-electron chi connectivity index (χ2n) is 6.26. The van der Waals surface area contributed by atoms with Crippen LogP contribution >= 0.6 is 24.0 Å². The first-order chi connectivity index (χ1) is 11.6. The van der Waals surface area contributed by atoms with Gasteiger partial charge in [-0.25, -0.2) is 9.98 Å². The topological polar surface area (TPSA) is 78.8 Å². The predicted molar refractivity (Wildman–Crippen MR) is 114 cm³/mol. The zero-order chi connectivity index (χ0) is 17.8. The number of pyridine rings is 1. The molecule has 0 aliphatic heterocycles. The van der Waals surface area contributed by atoms with E-state index in [0.717, 1.165) is 37.6 Å². The zero-order valence-corrected chi connectivity index (χ0v) is 18.1. The van der Waals surface area contributed by atoms with Crippen molar-refractivity contribution in [1.82, 2.24) is 15.6 Å². The molecule has 0 saturated heterocycles. The molecule has 0 amide bonds. The van der Waals surface area contributed by atoms with Crippen LogP contribution < -0.4 is 15.4 Å². The van der Waals surface area contributed by atoms with Crippen LogP contribution in [0, 0.1) is 11.8 Å². The maximum absolute atomic E-state index is 9.23. The lowest BCUT2D eigenvalue weighted by molar-refractivity contribution is 0.243. The molecule has 0 radical (unpaired) electrons. The molecule has 0 spiro atoms. The van der Waals surface area contributed by atoms with Gasteiger partial charge in [-0.05, 0) is 37.7 Å². The number of guanidine groups is 1. The SMILES string of the molecule is CCNC(=NCc1cccc(OC)n1)NCC(CCO)CC(C)C.I. The molecule has 0 bridgehead atoms. The Hall–Kier alpha value is -1.09. The minimum absolute atomic E-state index is 0. The largest absolute Gasteiger partial charge is 0.481 e. The van der Waals surface area contributed by atoms with Crippen LogP contribution in [-0.2, 0) is 6.54 Å². The van der Waals surface area contributed by atoms with Crippen molar-refractivity contribution in [1.29, 1.82) is 0 Å². The third-order valence-corrected chi connectivity index (χ3v) is 3.63. The van der Waals surface area contributed by atoms with Gasteiger partial charge in [0.15, 0.2) is 5.96 Å². The van der Waals surface area contributed by atoms with Crippen LogP contribution in [0.4, 0.5) is 0 Å². The van der Waals surface area contributed by atoms with Crippen LogP contribution in [0.15, 0.2) is 23.2 Å². The Labute approximate surface area is 168 Å². The highest BCUT2D eigenvalue weighted by Crippen LogP contribution is 2.14. The molecular weight excluding hydrogens is 431 g/mol. The Kier molecular flexibility index (Phi) is 13.5. The van der Waals surface area contributed by atoms with E-state index in [1.807, 2.05) is 25.1 Å². The third kappa shape index (κ3) is 10.5. The molecule has 3 N–H and O–H groups in total. The van der Waals surface area contributed by atoms with Crippen LogP contribution in [0.1, 0.15) is 39.3 Å². The first kappa shape index (κ1) is 23.9. The Morgan fingerprint density at radius 2 is 2.08 bits per heavy atom. The van der Waals surface area contributed by atoms with Gasteiger partial charge >= 0.3 is 0 Å². The maximum Gasteiger partial charge on any atom is 0.213 e. The molecule has 0 aromatic carbocycles. The summed E-state index contributed by atoms with van der Waals surface area (Å²) in [5, 5.41) is 15.9. The van der Waals surface area contributed by atoms with Crippen molar-refractivity contribution in [2.24, 2.45) is 16.8 Å². The summed E-state index contributed by atoms with van der Waals surface area (Å²) < 4.78 is 5.14. The molecular formula is C18H33IN4O2. The lowest BCUT2D eigenvalue weighted by atomic mass is 9.94. The molecule has 144 valence electrons. The molecule has 0 aliphatic carbocycles. The van der Waals surface area contributed by atoms with Crippen molar-refractivity contribution in [2.75, 3.05) is 26.8 Å². The van der Waals surface area contributed by atoms with Crippen LogP contribution in [0.3, 0.4) is 0 Å². The van der Waals surface area contributed by atoms with Gasteiger partial charge < -0.3 is 20.5 Å². The highest BCUT2D eigenvalue weighted by molar-refractivity contribution is 14.0. The number of aromatic nitrogens is 1. The number of nitrogens with one attached hydrogen (secondary N) is 2. The average molecular weight is 464 g/mol. The van der Waals surface area contributed by atoms with Crippen molar-refractivity contribution < 1.29 is 9.84 Å². The number of nitrogens with zero attached hydrogens (tertiary/aromatic N) is 2. The van der Waals surface area contributed by atoms with E-state index < -0.39 is 0 Å². The first-order valence-corrected chi connectivity index (χ1v) is 8.72. The molecule has 1 heterocycles. The highest BCUT2D eigenvalue weighted by Gasteiger charge is 2.11. The summed E-state index contributed by atoms with van der Waals surface area (Å²) in [6.45, 7) is 8.76. The van der Waals surface area contributed by atoms with E-state index >= 15 is 0 Å². The number of halogens is 1. The number of rotatable bonds is 10. The first-order valence-electron chi connectivity index (χ1n) is 8.72. The fourth-order valence-electron chi connectivity index (χ4n) is 2.55. The lowest BCUT2D eigenvalue weighted by Crippen LogP contribution is -2.40. The smallest absolute Gasteiger partial charge is 0.213 e. The van der Waals surface area contributed by atoms with Crippen molar-refractivity contribution in [2.45, 2.75) is 40.2 Å². The second-order valence-corrected chi connectivity index (χ2v) is 6.26. The number of hydrogen-bond acceptors (Lipinski definition) is 4. The van der Waals surface area contributed by atoms with Gasteiger partial charge in [-0.1, -0.05) is 19.9 Å². The van der Waals surface area contributed by atoms with E-state index in [0.29, 0.717) is 24.3 Å². The molecule has 1 rings (SSSR count). The lowest BCUT2D eigenvalue weighted by Gasteiger charge is -2.20. The Morgan fingerprint density at radius 1 is 1.32 bits per heavy atom. The van der Waals surface area contributed by atoms with E-state index in [1.165, 1.54) is 0 Å². The summed E-state index contributed by atoms with van der Waals surface area (Å²) in [5.41, 5.74) is 0.862. The van der Waals surface area contributed by atoms with Crippen LogP contribution in [0.2, 0.25) is 0 Å². The fourth-order valence-corrected chi connectivity index (χ4v) is 2.55. The molecule has 1 unspecified atom stereocenters. The van der Waals surface area contributed by atoms with Gasteiger partial charge in [-0.2, -0.15) is 0 Å². The Bertz CT molecular complexity index is 498. The number of aliphatic hydroxyl groups excluding tert-OH is 1. The van der Waals surface area contributed by atoms with E-state index in [1.54, 1.807) is 7.11 Å². The van der Waals surface area contributed by atoms with Crippen LogP contribution in [-0.4, -0.2) is 42.9 Å². The van der Waals surface area contributed by atoms with Gasteiger partial charge in [0.05, 0.1) is 19.3 Å². The standard InChI is InChI=1S/C18H32N4O2.HI/c1-5-19-18(20-12-15(9-10-23)11-14(2)3)21-13-16-7-6-8-17(22-16)24-4;/h6-8,14-15,23H,5,9-13H2,1-4H3,(H2,19,20,21);1H. The van der Waals surface area contributed by atoms with Crippen molar-refractivity contribution in [3.8, 4) is 5.88 Å². The predicted octanol–water partition coefficient (Wildman–Crippen LogP) is 2.81. The van der Waals surface area contributed by atoms with Crippen molar-refractivity contribution in [3.05, 3.63) is 23.9 Å². The van der Waals surface area contributed by atoms with Gasteiger partial charge in [0, 0.05) is 25.8 Å². The van der Waals surface area contributed by atoms with Crippen LogP contribution in [0.5, 0.6) is 5.88 Å². The normalized spacial score (nSPS) is 12.5. The van der Waals surface area contributed by atoms with E-state index in [9.17, 15) is 5.11 Å². The molecule has 1 aromatic rings. The van der Waals surface area contributed by atoms with Crippen molar-refractivity contribution >= 4 is 29.9 Å². The number of hydrogen-bond donors (Lipinski definition) is 3. The monoisotopic (exact) mass is 464 g/mol. The number of aliphatic hydroxyl groups is 1. The average Bonchev–Trinajstić information content (AvgIpc) is 2.57.